The van der Waals surface area contributed by atoms with Crippen molar-refractivity contribution in [1.82, 2.24) is 9.47 Å². The van der Waals surface area contributed by atoms with Crippen LogP contribution in [0.25, 0.3) is 0 Å². The van der Waals surface area contributed by atoms with Gasteiger partial charge in [0.25, 0.3) is 15.9 Å². The van der Waals surface area contributed by atoms with Crippen LogP contribution >= 0.6 is 11.6 Å². The molecule has 2 heterocycles. The molecule has 0 spiro atoms. The first-order chi connectivity index (χ1) is 13.1. The number of aryl methyl sites for hydroxylation is 1. The van der Waals surface area contributed by atoms with E-state index in [1.54, 1.807) is 55.5 Å². The van der Waals surface area contributed by atoms with Gasteiger partial charge in [-0.15, -0.1) is 0 Å². The van der Waals surface area contributed by atoms with Crippen molar-refractivity contribution in [2.75, 3.05) is 17.8 Å². The minimum Gasteiger partial charge on any atom is -0.350 e. The third-order valence-corrected chi connectivity index (χ3v) is 7.25. The third-order valence-electron chi connectivity index (χ3n) is 5.49. The maximum Gasteiger partial charge on any atom is 0.264 e. The van der Waals surface area contributed by atoms with Gasteiger partial charge in [-0.05, 0) is 57.7 Å². The Balaban J connectivity index is 2.08. The molecule has 0 aliphatic carbocycles. The normalized spacial score (nSPS) is 15.0. The van der Waals surface area contributed by atoms with E-state index in [0.29, 0.717) is 35.2 Å². The van der Waals surface area contributed by atoms with Crippen molar-refractivity contribution in [1.29, 1.82) is 0 Å². The van der Waals surface area contributed by atoms with Gasteiger partial charge in [0.15, 0.2) is 0 Å². The van der Waals surface area contributed by atoms with Gasteiger partial charge in [0.05, 0.1) is 11.3 Å². The standard InChI is InChI=1S/C20H26ClN3O3S/c1-13-8-9-16(21)12-17(13)22-28(26,27)19-15(3)23(4)14(2)18(19)20(25)24-10-6-5-7-11-24/h8-9,12,22H,5-7,10-11H2,1-4H3. The highest BCUT2D eigenvalue weighted by molar-refractivity contribution is 7.92. The lowest BCUT2D eigenvalue weighted by molar-refractivity contribution is 0.0720. The summed E-state index contributed by atoms with van der Waals surface area (Å²) in [6.45, 7) is 6.63. The van der Waals surface area contributed by atoms with Crippen LogP contribution in [-0.4, -0.2) is 36.9 Å². The molecule has 0 unspecified atom stereocenters. The highest BCUT2D eigenvalue weighted by atomic mass is 35.5. The van der Waals surface area contributed by atoms with Gasteiger partial charge >= 0.3 is 0 Å². The van der Waals surface area contributed by atoms with Crippen LogP contribution in [0.2, 0.25) is 5.02 Å². The molecule has 1 aromatic carbocycles. The van der Waals surface area contributed by atoms with Gasteiger partial charge in [-0.25, -0.2) is 8.42 Å². The minimum absolute atomic E-state index is 0.0439. The Morgan fingerprint density at radius 3 is 2.36 bits per heavy atom. The number of halogens is 1. The van der Waals surface area contributed by atoms with Crippen molar-refractivity contribution in [2.45, 2.75) is 44.9 Å². The Morgan fingerprint density at radius 2 is 1.71 bits per heavy atom. The minimum atomic E-state index is -3.98. The maximum absolute atomic E-state index is 13.3. The quantitative estimate of drug-likeness (QED) is 0.806. The molecule has 1 aromatic heterocycles. The largest absolute Gasteiger partial charge is 0.350 e. The van der Waals surface area contributed by atoms with Crippen LogP contribution in [0.15, 0.2) is 23.1 Å². The second-order valence-corrected chi connectivity index (χ2v) is 9.41. The second kappa shape index (κ2) is 7.79. The summed E-state index contributed by atoms with van der Waals surface area (Å²) in [5.74, 6) is -0.218. The van der Waals surface area contributed by atoms with E-state index in [0.717, 1.165) is 24.8 Å². The smallest absolute Gasteiger partial charge is 0.264 e. The molecule has 3 rings (SSSR count). The lowest BCUT2D eigenvalue weighted by atomic mass is 10.1. The number of nitrogens with zero attached hydrogens (tertiary/aromatic N) is 2. The SMILES string of the molecule is Cc1ccc(Cl)cc1NS(=O)(=O)c1c(C(=O)N2CCCCC2)c(C)n(C)c1C. The van der Waals surface area contributed by atoms with Gasteiger partial charge in [-0.3, -0.25) is 9.52 Å². The number of rotatable bonds is 4. The van der Waals surface area contributed by atoms with E-state index in [1.807, 2.05) is 0 Å². The van der Waals surface area contributed by atoms with Gasteiger partial charge in [-0.2, -0.15) is 0 Å². The Bertz CT molecular complexity index is 1020. The number of hydrogen-bond donors (Lipinski definition) is 1. The summed E-state index contributed by atoms with van der Waals surface area (Å²) >= 11 is 6.04. The molecule has 0 radical (unpaired) electrons. The lowest BCUT2D eigenvalue weighted by Gasteiger charge is -2.27. The van der Waals surface area contributed by atoms with E-state index in [1.165, 1.54) is 0 Å². The molecule has 0 saturated carbocycles. The van der Waals surface area contributed by atoms with Crippen molar-refractivity contribution in [3.63, 3.8) is 0 Å². The zero-order chi connectivity index (χ0) is 20.6. The Labute approximate surface area is 171 Å². The predicted octanol–water partition coefficient (Wildman–Crippen LogP) is 4.03. The lowest BCUT2D eigenvalue weighted by Crippen LogP contribution is -2.36. The maximum atomic E-state index is 13.3. The van der Waals surface area contributed by atoms with Crippen LogP contribution < -0.4 is 4.72 Å². The van der Waals surface area contributed by atoms with Crippen LogP contribution in [0, 0.1) is 20.8 Å². The molecule has 152 valence electrons. The van der Waals surface area contributed by atoms with E-state index in [4.69, 9.17) is 11.6 Å². The van der Waals surface area contributed by atoms with Crippen molar-refractivity contribution in [3.8, 4) is 0 Å². The molecule has 1 N–H and O–H groups in total. The summed E-state index contributed by atoms with van der Waals surface area (Å²) in [5, 5.41) is 0.439. The van der Waals surface area contributed by atoms with Gasteiger partial charge in [0.2, 0.25) is 0 Å². The van der Waals surface area contributed by atoms with Crippen LogP contribution in [0.3, 0.4) is 0 Å². The molecule has 28 heavy (non-hydrogen) atoms. The van der Waals surface area contributed by atoms with E-state index in [-0.39, 0.29) is 16.4 Å². The molecule has 1 aliphatic rings. The summed E-state index contributed by atoms with van der Waals surface area (Å²) in [6.07, 6.45) is 2.98. The zero-order valence-electron chi connectivity index (χ0n) is 16.7. The molecule has 6 nitrogen and oxygen atoms in total. The highest BCUT2D eigenvalue weighted by Crippen LogP contribution is 2.31. The molecule has 1 fully saturated rings. The van der Waals surface area contributed by atoms with Gasteiger partial charge in [0, 0.05) is 36.5 Å². The Morgan fingerprint density at radius 1 is 1.07 bits per heavy atom. The first-order valence-corrected chi connectivity index (χ1v) is 11.2. The number of sulfonamides is 1. The van der Waals surface area contributed by atoms with Gasteiger partial charge in [0.1, 0.15) is 4.90 Å². The number of carbonyl (C=O) groups excluding carboxylic acids is 1. The molecular weight excluding hydrogens is 398 g/mol. The molecule has 0 bridgehead atoms. The number of piperidine rings is 1. The first kappa shape index (κ1) is 20.7. The number of aromatic nitrogens is 1. The number of likely N-dealkylation sites (tertiary alicyclic amines) is 1. The van der Waals surface area contributed by atoms with E-state index < -0.39 is 10.0 Å². The average molecular weight is 424 g/mol. The fraction of sp³-hybridized carbons (Fsp3) is 0.450. The number of benzene rings is 1. The number of carbonyl (C=O) groups is 1. The number of anilines is 1. The summed E-state index contributed by atoms with van der Waals surface area (Å²) in [4.78, 5) is 15.0. The molecule has 1 saturated heterocycles. The predicted molar refractivity (Wildman–Crippen MR) is 112 cm³/mol. The summed E-state index contributed by atoms with van der Waals surface area (Å²) in [7, 11) is -2.20. The van der Waals surface area contributed by atoms with Crippen molar-refractivity contribution in [3.05, 3.63) is 45.7 Å². The van der Waals surface area contributed by atoms with Crippen LogP contribution in [0.4, 0.5) is 5.69 Å². The molecule has 2 aromatic rings. The van der Waals surface area contributed by atoms with E-state index in [2.05, 4.69) is 4.72 Å². The Hall–Kier alpha value is -1.99. The topological polar surface area (TPSA) is 71.4 Å². The first-order valence-electron chi connectivity index (χ1n) is 9.37. The number of amides is 1. The van der Waals surface area contributed by atoms with Crippen molar-refractivity contribution in [2.24, 2.45) is 7.05 Å². The fourth-order valence-electron chi connectivity index (χ4n) is 3.65. The molecule has 8 heteroatoms. The molecule has 0 atom stereocenters. The fourth-order valence-corrected chi connectivity index (χ4v) is 5.47. The molecular formula is C20H26ClN3O3S. The van der Waals surface area contributed by atoms with E-state index >= 15 is 0 Å². The molecule has 1 amide bonds. The van der Waals surface area contributed by atoms with Crippen molar-refractivity contribution < 1.29 is 13.2 Å². The summed E-state index contributed by atoms with van der Waals surface area (Å²) in [6, 6.07) is 5.03. The average Bonchev–Trinajstić information content (AvgIpc) is 2.89. The van der Waals surface area contributed by atoms with Crippen molar-refractivity contribution >= 4 is 33.2 Å². The monoisotopic (exact) mass is 423 g/mol. The second-order valence-electron chi connectivity index (χ2n) is 7.35. The zero-order valence-corrected chi connectivity index (χ0v) is 18.2. The number of hydrogen-bond acceptors (Lipinski definition) is 3. The van der Waals surface area contributed by atoms with Gasteiger partial charge < -0.3 is 9.47 Å². The summed E-state index contributed by atoms with van der Waals surface area (Å²) in [5.41, 5.74) is 2.60. The van der Waals surface area contributed by atoms with Gasteiger partial charge in [-0.1, -0.05) is 17.7 Å². The van der Waals surface area contributed by atoms with Crippen LogP contribution in [0.5, 0.6) is 0 Å². The number of nitrogens with one attached hydrogen (secondary N) is 1. The molecule has 1 aliphatic heterocycles. The third kappa shape index (κ3) is 3.78. The summed E-state index contributed by atoms with van der Waals surface area (Å²) < 4.78 is 31.0. The highest BCUT2D eigenvalue weighted by Gasteiger charge is 2.33. The van der Waals surface area contributed by atoms with Crippen LogP contribution in [0.1, 0.15) is 46.6 Å². The Kier molecular flexibility index (Phi) is 5.77. The van der Waals surface area contributed by atoms with Crippen LogP contribution in [-0.2, 0) is 17.1 Å². The van der Waals surface area contributed by atoms with E-state index in [9.17, 15) is 13.2 Å².